The van der Waals surface area contributed by atoms with Crippen molar-refractivity contribution < 1.29 is 14.3 Å². The van der Waals surface area contributed by atoms with Crippen molar-refractivity contribution in [2.75, 3.05) is 11.9 Å². The number of carbonyl (C=O) groups is 2. The van der Waals surface area contributed by atoms with Gasteiger partial charge in [0.2, 0.25) is 0 Å². The molecule has 31 heavy (non-hydrogen) atoms. The number of ether oxygens (including phenoxy) is 1. The Morgan fingerprint density at radius 3 is 2.65 bits per heavy atom. The zero-order valence-corrected chi connectivity index (χ0v) is 18.0. The number of hydrogen-bond donors (Lipinski definition) is 1. The van der Waals surface area contributed by atoms with Gasteiger partial charge in [0.15, 0.2) is 5.69 Å². The summed E-state index contributed by atoms with van der Waals surface area (Å²) in [6.45, 7) is 4.02. The number of anilines is 1. The topological polar surface area (TPSA) is 73.2 Å². The van der Waals surface area contributed by atoms with Gasteiger partial charge in [-0.1, -0.05) is 36.4 Å². The Morgan fingerprint density at radius 1 is 1.06 bits per heavy atom. The van der Waals surface area contributed by atoms with E-state index in [4.69, 9.17) is 4.74 Å². The lowest BCUT2D eigenvalue weighted by molar-refractivity contribution is 0.0519. The van der Waals surface area contributed by atoms with Crippen molar-refractivity contribution in [3.8, 4) is 16.9 Å². The Balaban J connectivity index is 1.75. The number of amides is 1. The number of para-hydroxylation sites is 1. The highest BCUT2D eigenvalue weighted by atomic mass is 32.1. The summed E-state index contributed by atoms with van der Waals surface area (Å²) in [7, 11) is 0. The number of aromatic nitrogens is 2. The van der Waals surface area contributed by atoms with Gasteiger partial charge >= 0.3 is 5.97 Å². The van der Waals surface area contributed by atoms with Gasteiger partial charge in [0.1, 0.15) is 0 Å². The maximum absolute atomic E-state index is 12.4. The van der Waals surface area contributed by atoms with Crippen LogP contribution >= 0.6 is 11.3 Å². The van der Waals surface area contributed by atoms with Gasteiger partial charge in [-0.25, -0.2) is 9.48 Å². The zero-order chi connectivity index (χ0) is 21.8. The highest BCUT2D eigenvalue weighted by Crippen LogP contribution is 2.28. The molecule has 0 spiro atoms. The standard InChI is InChI=1S/C24H21N3O3S/c1-3-30-24(29)19-15-21(27(26-19)20-11-5-4-8-16(20)2)17-9-6-10-18(14-17)25-23(28)22-12-7-13-31-22/h4-15H,3H2,1-2H3,(H,25,28). The predicted octanol–water partition coefficient (Wildman–Crippen LogP) is 5.34. The molecule has 2 aromatic carbocycles. The number of rotatable bonds is 6. The van der Waals surface area contributed by atoms with Crippen LogP contribution in [0.2, 0.25) is 0 Å². The number of nitrogens with zero attached hydrogens (tertiary/aromatic N) is 2. The highest BCUT2D eigenvalue weighted by molar-refractivity contribution is 7.12. The van der Waals surface area contributed by atoms with E-state index in [-0.39, 0.29) is 18.2 Å². The van der Waals surface area contributed by atoms with Crippen LogP contribution < -0.4 is 5.32 Å². The average Bonchev–Trinajstić information content (AvgIpc) is 3.45. The predicted molar refractivity (Wildman–Crippen MR) is 122 cm³/mol. The zero-order valence-electron chi connectivity index (χ0n) is 17.2. The van der Waals surface area contributed by atoms with Crippen molar-refractivity contribution in [1.82, 2.24) is 9.78 Å². The van der Waals surface area contributed by atoms with E-state index < -0.39 is 5.97 Å². The first-order valence-corrected chi connectivity index (χ1v) is 10.7. The first-order valence-electron chi connectivity index (χ1n) is 9.85. The van der Waals surface area contributed by atoms with E-state index in [1.807, 2.05) is 66.9 Å². The van der Waals surface area contributed by atoms with Crippen LogP contribution in [0.15, 0.2) is 72.1 Å². The maximum atomic E-state index is 12.4. The van der Waals surface area contributed by atoms with Crippen molar-refractivity contribution in [3.63, 3.8) is 0 Å². The van der Waals surface area contributed by atoms with Crippen LogP contribution in [0.25, 0.3) is 16.9 Å². The third-order valence-corrected chi connectivity index (χ3v) is 5.57. The average molecular weight is 432 g/mol. The van der Waals surface area contributed by atoms with Gasteiger partial charge in [0.05, 0.1) is 22.9 Å². The summed E-state index contributed by atoms with van der Waals surface area (Å²) >= 11 is 1.39. The van der Waals surface area contributed by atoms with Crippen molar-refractivity contribution in [2.24, 2.45) is 0 Å². The molecule has 0 bridgehead atoms. The molecule has 0 saturated heterocycles. The maximum Gasteiger partial charge on any atom is 0.358 e. The molecule has 1 N–H and O–H groups in total. The first kappa shape index (κ1) is 20.6. The number of nitrogens with one attached hydrogen (secondary N) is 1. The minimum atomic E-state index is -0.474. The third-order valence-electron chi connectivity index (χ3n) is 4.70. The van der Waals surface area contributed by atoms with E-state index in [0.29, 0.717) is 10.6 Å². The van der Waals surface area contributed by atoms with Crippen molar-refractivity contribution in [1.29, 1.82) is 0 Å². The Bertz CT molecular complexity index is 1230. The molecule has 0 aliphatic rings. The molecule has 0 fully saturated rings. The molecule has 2 aromatic heterocycles. The molecule has 0 radical (unpaired) electrons. The summed E-state index contributed by atoms with van der Waals surface area (Å²) in [6.07, 6.45) is 0. The second kappa shape index (κ2) is 8.97. The first-order chi connectivity index (χ1) is 15.1. The number of carbonyl (C=O) groups excluding carboxylic acids is 2. The van der Waals surface area contributed by atoms with E-state index >= 15 is 0 Å². The monoisotopic (exact) mass is 431 g/mol. The van der Waals surface area contributed by atoms with E-state index in [1.165, 1.54) is 11.3 Å². The minimum Gasteiger partial charge on any atom is -0.461 e. The molecule has 1 amide bonds. The quantitative estimate of drug-likeness (QED) is 0.418. The third kappa shape index (κ3) is 4.41. The Kier molecular flexibility index (Phi) is 5.95. The van der Waals surface area contributed by atoms with Crippen LogP contribution in [0.3, 0.4) is 0 Å². The van der Waals surface area contributed by atoms with Crippen molar-refractivity contribution in [2.45, 2.75) is 13.8 Å². The van der Waals surface area contributed by atoms with Gasteiger partial charge in [0.25, 0.3) is 5.91 Å². The fourth-order valence-electron chi connectivity index (χ4n) is 3.23. The summed E-state index contributed by atoms with van der Waals surface area (Å²) in [5.74, 6) is -0.634. The van der Waals surface area contributed by atoms with Crippen LogP contribution in [0.1, 0.15) is 32.6 Å². The van der Waals surface area contributed by atoms with Crippen LogP contribution in [-0.2, 0) is 4.74 Å². The second-order valence-electron chi connectivity index (χ2n) is 6.85. The van der Waals surface area contributed by atoms with Gasteiger partial charge in [-0.3, -0.25) is 4.79 Å². The van der Waals surface area contributed by atoms with E-state index in [9.17, 15) is 9.59 Å². The number of esters is 1. The van der Waals surface area contributed by atoms with Crippen molar-refractivity contribution in [3.05, 3.63) is 88.2 Å². The Labute approximate surface area is 184 Å². The SMILES string of the molecule is CCOC(=O)c1cc(-c2cccc(NC(=O)c3cccs3)c2)n(-c2ccccc2C)n1. The second-order valence-corrected chi connectivity index (χ2v) is 7.79. The molecule has 0 aliphatic heterocycles. The molecule has 0 unspecified atom stereocenters. The lowest BCUT2D eigenvalue weighted by Crippen LogP contribution is -2.10. The van der Waals surface area contributed by atoms with Gasteiger partial charge < -0.3 is 10.1 Å². The summed E-state index contributed by atoms with van der Waals surface area (Å²) in [5.41, 5.74) is 4.31. The van der Waals surface area contributed by atoms with Gasteiger partial charge in [0, 0.05) is 11.3 Å². The molecule has 0 atom stereocenters. The number of benzene rings is 2. The summed E-state index contributed by atoms with van der Waals surface area (Å²) in [4.78, 5) is 25.4. The van der Waals surface area contributed by atoms with Gasteiger partial charge in [-0.2, -0.15) is 5.10 Å². The van der Waals surface area contributed by atoms with Crippen LogP contribution in [-0.4, -0.2) is 28.3 Å². The van der Waals surface area contributed by atoms with E-state index in [1.54, 1.807) is 23.7 Å². The molecular formula is C24H21N3O3S. The van der Waals surface area contributed by atoms with Gasteiger partial charge in [-0.05, 0) is 55.1 Å². The largest absolute Gasteiger partial charge is 0.461 e. The molecule has 6 nitrogen and oxygen atoms in total. The number of aryl methyl sites for hydroxylation is 1. The van der Waals surface area contributed by atoms with Crippen LogP contribution in [0.5, 0.6) is 0 Å². The van der Waals surface area contributed by atoms with E-state index in [0.717, 1.165) is 22.5 Å². The molecule has 0 saturated carbocycles. The lowest BCUT2D eigenvalue weighted by Gasteiger charge is -2.11. The fourth-order valence-corrected chi connectivity index (χ4v) is 3.85. The molecule has 0 aliphatic carbocycles. The number of hydrogen-bond acceptors (Lipinski definition) is 5. The molecular weight excluding hydrogens is 410 g/mol. The summed E-state index contributed by atoms with van der Waals surface area (Å²) in [6, 6.07) is 20.6. The van der Waals surface area contributed by atoms with Crippen LogP contribution in [0.4, 0.5) is 5.69 Å². The molecule has 156 valence electrons. The molecule has 7 heteroatoms. The van der Waals surface area contributed by atoms with E-state index in [2.05, 4.69) is 10.4 Å². The number of thiophene rings is 1. The molecule has 2 heterocycles. The Hall–Kier alpha value is -3.71. The normalized spacial score (nSPS) is 10.6. The lowest BCUT2D eigenvalue weighted by atomic mass is 10.1. The molecule has 4 rings (SSSR count). The fraction of sp³-hybridized carbons (Fsp3) is 0.125. The minimum absolute atomic E-state index is 0.160. The summed E-state index contributed by atoms with van der Waals surface area (Å²) < 4.78 is 6.88. The van der Waals surface area contributed by atoms with Crippen LogP contribution in [0, 0.1) is 6.92 Å². The smallest absolute Gasteiger partial charge is 0.358 e. The van der Waals surface area contributed by atoms with Gasteiger partial charge in [-0.15, -0.1) is 11.3 Å². The highest BCUT2D eigenvalue weighted by Gasteiger charge is 2.19. The van der Waals surface area contributed by atoms with Crippen molar-refractivity contribution >= 4 is 28.9 Å². The Morgan fingerprint density at radius 2 is 1.90 bits per heavy atom. The molecule has 4 aromatic rings. The summed E-state index contributed by atoms with van der Waals surface area (Å²) in [5, 5.41) is 9.31.